The van der Waals surface area contributed by atoms with Gasteiger partial charge in [0.2, 0.25) is 5.76 Å². The number of nitrogens with zero attached hydrogens (tertiary/aromatic N) is 2. The van der Waals surface area contributed by atoms with Crippen LogP contribution < -0.4 is 19.8 Å². The maximum Gasteiger partial charge on any atom is 0.350 e. The Kier molecular flexibility index (Phi) is 9.31. The van der Waals surface area contributed by atoms with Gasteiger partial charge in [-0.05, 0) is 49.2 Å². The van der Waals surface area contributed by atoms with Crippen LogP contribution in [0.25, 0.3) is 11.0 Å². The van der Waals surface area contributed by atoms with Crippen molar-refractivity contribution < 1.29 is 28.2 Å². The maximum absolute atomic E-state index is 14.0. The number of rotatable bonds is 12. The lowest BCUT2D eigenvalue weighted by Crippen LogP contribution is -2.29. The summed E-state index contributed by atoms with van der Waals surface area (Å²) in [5.41, 5.74) is 1.11. The number of carbonyl (C=O) groups is 2. The zero-order valence-electron chi connectivity index (χ0n) is 24.1. The summed E-state index contributed by atoms with van der Waals surface area (Å²) < 4.78 is 23.7. The third-order valence-corrected chi connectivity index (χ3v) is 8.73. The van der Waals surface area contributed by atoms with Crippen molar-refractivity contribution in [3.8, 4) is 11.5 Å². The van der Waals surface area contributed by atoms with Gasteiger partial charge in [-0.3, -0.25) is 14.5 Å². The average Bonchev–Trinajstić information content (AvgIpc) is 3.53. The number of methoxy groups -OCH3 is 1. The van der Waals surface area contributed by atoms with Gasteiger partial charge in [-0.25, -0.2) is 9.78 Å². The third kappa shape index (κ3) is 5.96. The lowest BCUT2D eigenvalue weighted by Gasteiger charge is -2.23. The predicted octanol–water partition coefficient (Wildman–Crippen LogP) is 7.38. The zero-order valence-corrected chi connectivity index (χ0v) is 26.5. The van der Waals surface area contributed by atoms with Crippen LogP contribution in [0, 0.1) is 6.92 Å². The molecule has 0 radical (unpaired) electrons. The number of esters is 1. The first-order chi connectivity index (χ1) is 20.8. The molecule has 0 bridgehead atoms. The van der Waals surface area contributed by atoms with Crippen LogP contribution in [0.2, 0.25) is 0 Å². The number of hydrogen-bond donors (Lipinski definition) is 0. The maximum atomic E-state index is 14.0. The van der Waals surface area contributed by atoms with E-state index in [1.807, 2.05) is 0 Å². The van der Waals surface area contributed by atoms with Gasteiger partial charge in [0.25, 0.3) is 5.91 Å². The van der Waals surface area contributed by atoms with Gasteiger partial charge in [-0.15, -0.1) is 0 Å². The molecule has 0 spiro atoms. The number of fused-ring (bicyclic) bond motifs is 2. The van der Waals surface area contributed by atoms with E-state index in [0.29, 0.717) is 39.2 Å². The molecule has 1 atom stereocenters. The Bertz CT molecular complexity index is 1760. The first-order valence-electron chi connectivity index (χ1n) is 13.9. The Morgan fingerprint density at radius 1 is 1.16 bits per heavy atom. The summed E-state index contributed by atoms with van der Waals surface area (Å²) in [5.74, 6) is -0.175. The quantitative estimate of drug-likeness (QED) is 0.0875. The van der Waals surface area contributed by atoms with Gasteiger partial charge in [0.1, 0.15) is 17.1 Å². The molecule has 4 aromatic rings. The summed E-state index contributed by atoms with van der Waals surface area (Å²) in [5, 5.41) is 0.556. The molecule has 3 heterocycles. The number of anilines is 1. The van der Waals surface area contributed by atoms with Crippen molar-refractivity contribution in [2.45, 2.75) is 45.6 Å². The number of benzene rings is 2. The lowest BCUT2D eigenvalue weighted by molar-refractivity contribution is 0.0554. The van der Waals surface area contributed by atoms with Crippen molar-refractivity contribution in [3.63, 3.8) is 0 Å². The molecular formula is C32H31BrN2O7S. The van der Waals surface area contributed by atoms with E-state index in [-0.39, 0.29) is 39.0 Å². The molecule has 1 unspecified atom stereocenters. The molecule has 11 heteroatoms. The molecule has 1 amide bonds. The summed E-state index contributed by atoms with van der Waals surface area (Å²) >= 11 is 4.43. The van der Waals surface area contributed by atoms with Crippen LogP contribution in [0.5, 0.6) is 11.5 Å². The van der Waals surface area contributed by atoms with E-state index in [1.165, 1.54) is 11.0 Å². The second-order valence-corrected chi connectivity index (χ2v) is 11.9. The van der Waals surface area contributed by atoms with E-state index in [2.05, 4.69) is 34.4 Å². The molecule has 2 aromatic carbocycles. The Labute approximate surface area is 261 Å². The van der Waals surface area contributed by atoms with Gasteiger partial charge in [-0.1, -0.05) is 72.2 Å². The number of hydrogen-bond acceptors (Lipinski definition) is 9. The second kappa shape index (κ2) is 13.1. The van der Waals surface area contributed by atoms with Crippen LogP contribution in [0.4, 0.5) is 5.13 Å². The lowest BCUT2D eigenvalue weighted by atomic mass is 9.98. The summed E-state index contributed by atoms with van der Waals surface area (Å²) in [7, 11) is 1.54. The second-order valence-electron chi connectivity index (χ2n) is 10.0. The minimum atomic E-state index is -0.905. The molecule has 2 aromatic heterocycles. The number of unbranched alkanes of at least 4 members (excludes halogenated alkanes) is 3. The van der Waals surface area contributed by atoms with Gasteiger partial charge in [0.15, 0.2) is 22.1 Å². The number of halogens is 1. The molecule has 224 valence electrons. The molecule has 0 saturated carbocycles. The minimum absolute atomic E-state index is 0.0373. The highest BCUT2D eigenvalue weighted by molar-refractivity contribution is 9.10. The van der Waals surface area contributed by atoms with Gasteiger partial charge in [-0.2, -0.15) is 0 Å². The molecule has 0 saturated heterocycles. The SMILES string of the molecule is C=CCOC(=O)c1sc(N2C(=O)c3oc4ccc(Br)cc4c(=O)c3C2c2ccc(OCCCCCC)c(OC)c2)nc1C. The van der Waals surface area contributed by atoms with Crippen molar-refractivity contribution in [3.05, 3.63) is 91.2 Å². The Balaban J connectivity index is 1.63. The first-order valence-corrected chi connectivity index (χ1v) is 15.6. The van der Waals surface area contributed by atoms with Crippen LogP contribution in [0.3, 0.4) is 0 Å². The molecule has 1 aliphatic rings. The van der Waals surface area contributed by atoms with E-state index in [9.17, 15) is 14.4 Å². The Morgan fingerprint density at radius 3 is 2.72 bits per heavy atom. The number of aryl methyl sites for hydroxylation is 1. The molecule has 5 rings (SSSR count). The molecule has 0 N–H and O–H groups in total. The fourth-order valence-electron chi connectivity index (χ4n) is 5.02. The summed E-state index contributed by atoms with van der Waals surface area (Å²) in [6.45, 7) is 7.97. The topological polar surface area (TPSA) is 108 Å². The van der Waals surface area contributed by atoms with E-state index < -0.39 is 17.9 Å². The number of thiazole rings is 1. The van der Waals surface area contributed by atoms with Crippen molar-refractivity contribution in [1.29, 1.82) is 0 Å². The van der Waals surface area contributed by atoms with Crippen molar-refractivity contribution in [2.24, 2.45) is 0 Å². The minimum Gasteiger partial charge on any atom is -0.493 e. The van der Waals surface area contributed by atoms with E-state index >= 15 is 0 Å². The largest absolute Gasteiger partial charge is 0.493 e. The van der Waals surface area contributed by atoms with Gasteiger partial charge in [0.05, 0.1) is 36.4 Å². The van der Waals surface area contributed by atoms with Crippen LogP contribution in [-0.2, 0) is 4.74 Å². The van der Waals surface area contributed by atoms with E-state index in [0.717, 1.165) is 37.0 Å². The fraction of sp³-hybridized carbons (Fsp3) is 0.312. The highest BCUT2D eigenvalue weighted by atomic mass is 79.9. The van der Waals surface area contributed by atoms with E-state index in [4.69, 9.17) is 18.6 Å². The van der Waals surface area contributed by atoms with Crippen molar-refractivity contribution >= 4 is 55.2 Å². The smallest absolute Gasteiger partial charge is 0.350 e. The normalized spacial score (nSPS) is 14.2. The van der Waals surface area contributed by atoms with Crippen molar-refractivity contribution in [1.82, 2.24) is 4.98 Å². The molecule has 9 nitrogen and oxygen atoms in total. The monoisotopic (exact) mass is 666 g/mol. The molecule has 43 heavy (non-hydrogen) atoms. The summed E-state index contributed by atoms with van der Waals surface area (Å²) in [6.07, 6.45) is 5.73. The average molecular weight is 668 g/mol. The van der Waals surface area contributed by atoms with E-state index in [1.54, 1.807) is 50.4 Å². The summed E-state index contributed by atoms with van der Waals surface area (Å²) in [6, 6.07) is 9.48. The number of ether oxygens (including phenoxy) is 3. The highest BCUT2D eigenvalue weighted by Gasteiger charge is 2.45. The molecule has 1 aliphatic heterocycles. The number of aromatic nitrogens is 1. The number of amides is 1. The van der Waals surface area contributed by atoms with Crippen LogP contribution in [0.1, 0.15) is 75.7 Å². The molecule has 0 fully saturated rings. The van der Waals surface area contributed by atoms with Crippen LogP contribution >= 0.6 is 27.3 Å². The zero-order chi connectivity index (χ0) is 30.7. The predicted molar refractivity (Wildman–Crippen MR) is 169 cm³/mol. The standard InChI is InChI=1S/C32H31BrN2O7S/c1-5-7-8-9-15-40-23-12-10-19(16-24(23)39-4)26-25-27(36)21-17-20(33)11-13-22(21)42-28(25)30(37)35(26)32-34-18(3)29(43-32)31(38)41-14-6-2/h6,10-13,16-17,26H,2,5,7-9,14-15H2,1,3-4H3. The van der Waals surface area contributed by atoms with Crippen molar-refractivity contribution in [2.75, 3.05) is 25.2 Å². The molecular weight excluding hydrogens is 636 g/mol. The van der Waals surface area contributed by atoms with Gasteiger partial charge < -0.3 is 18.6 Å². The Morgan fingerprint density at radius 2 is 1.98 bits per heavy atom. The molecule has 0 aliphatic carbocycles. The van der Waals surface area contributed by atoms with Crippen LogP contribution in [-0.4, -0.2) is 37.2 Å². The third-order valence-electron chi connectivity index (χ3n) is 7.10. The number of carbonyl (C=O) groups excluding carboxylic acids is 2. The van der Waals surface area contributed by atoms with Gasteiger partial charge >= 0.3 is 5.97 Å². The first kappa shape index (κ1) is 30.5. The fourth-order valence-corrected chi connectivity index (χ4v) is 6.37. The highest BCUT2D eigenvalue weighted by Crippen LogP contribution is 2.45. The summed E-state index contributed by atoms with van der Waals surface area (Å²) in [4.78, 5) is 46.9. The van der Waals surface area contributed by atoms with Crippen LogP contribution in [0.15, 0.2) is 62.7 Å². The van der Waals surface area contributed by atoms with Gasteiger partial charge in [0, 0.05) is 4.47 Å². The Hall–Kier alpha value is -3.96.